The molecule has 0 aliphatic carbocycles. The minimum absolute atomic E-state index is 0.367. The quantitative estimate of drug-likeness (QED) is 0.669. The summed E-state index contributed by atoms with van der Waals surface area (Å²) in [6.45, 7) is 1.32. The first-order valence-corrected chi connectivity index (χ1v) is 8.20. The molecule has 0 fully saturated rings. The molecule has 1 N–H and O–H groups in total. The highest BCUT2D eigenvalue weighted by molar-refractivity contribution is 7.54. The van der Waals surface area contributed by atoms with Gasteiger partial charge in [0.2, 0.25) is 0 Å². The van der Waals surface area contributed by atoms with Gasteiger partial charge in [-0.1, -0.05) is 0 Å². The van der Waals surface area contributed by atoms with E-state index in [9.17, 15) is 4.57 Å². The summed E-state index contributed by atoms with van der Waals surface area (Å²) >= 11 is 11.4. The van der Waals surface area contributed by atoms with Crippen molar-refractivity contribution < 1.29 is 9.09 Å². The van der Waals surface area contributed by atoms with Crippen molar-refractivity contribution in [2.75, 3.05) is 24.8 Å². The Morgan fingerprint density at radius 1 is 1.44 bits per heavy atom. The Labute approximate surface area is 116 Å². The summed E-state index contributed by atoms with van der Waals surface area (Å²) in [6, 6.07) is 3.51. The molecule has 0 amide bonds. The summed E-state index contributed by atoms with van der Waals surface area (Å²) in [7, 11) is -3.11. The minimum atomic E-state index is -3.11. The van der Waals surface area contributed by atoms with Crippen LogP contribution in [0.25, 0.3) is 0 Å². The Kier molecular flexibility index (Phi) is 4.87. The van der Waals surface area contributed by atoms with Crippen molar-refractivity contribution in [3.63, 3.8) is 0 Å². The number of alkyl halides is 2. The molecule has 2 heterocycles. The predicted molar refractivity (Wildman–Crippen MR) is 72.3 cm³/mol. The number of nitrogens with one attached hydrogen (secondary N) is 1. The standard InChI is InChI=1S/C10H14Cl2N3O2P/c11-3-6-15(7-4-12)18(16)14-8-9-10(17-18)2-1-5-13-9/h1-2,5H,3-4,6-8H2,(H,14,16). The molecular weight excluding hydrogens is 296 g/mol. The molecule has 2 rings (SSSR count). The van der Waals surface area contributed by atoms with Crippen molar-refractivity contribution in [3.05, 3.63) is 24.0 Å². The molecule has 0 saturated heterocycles. The van der Waals surface area contributed by atoms with Crippen LogP contribution in [0.4, 0.5) is 0 Å². The fraction of sp³-hybridized carbons (Fsp3) is 0.500. The van der Waals surface area contributed by atoms with Crippen LogP contribution < -0.4 is 9.61 Å². The van der Waals surface area contributed by atoms with E-state index >= 15 is 0 Å². The molecule has 0 bridgehead atoms. The molecule has 1 aromatic heterocycles. The van der Waals surface area contributed by atoms with Crippen LogP contribution in [0.2, 0.25) is 0 Å². The lowest BCUT2D eigenvalue weighted by Crippen LogP contribution is -2.36. The molecule has 0 spiro atoms. The van der Waals surface area contributed by atoms with Crippen molar-refractivity contribution in [3.8, 4) is 5.75 Å². The van der Waals surface area contributed by atoms with Crippen LogP contribution >= 0.6 is 30.9 Å². The van der Waals surface area contributed by atoms with Gasteiger partial charge in [0.1, 0.15) is 0 Å². The number of nitrogens with zero attached hydrogens (tertiary/aromatic N) is 2. The van der Waals surface area contributed by atoms with Crippen LogP contribution in [-0.2, 0) is 11.1 Å². The third-order valence-corrected chi connectivity index (χ3v) is 5.06. The van der Waals surface area contributed by atoms with Gasteiger partial charge in [0.25, 0.3) is 0 Å². The second kappa shape index (κ2) is 6.22. The maximum absolute atomic E-state index is 12.7. The van der Waals surface area contributed by atoms with Crippen LogP contribution in [0.5, 0.6) is 5.75 Å². The normalized spacial score (nSPS) is 22.6. The third-order valence-electron chi connectivity index (χ3n) is 2.57. The van der Waals surface area contributed by atoms with E-state index in [4.69, 9.17) is 27.7 Å². The molecule has 0 aromatic carbocycles. The van der Waals surface area contributed by atoms with Crippen LogP contribution in [-0.4, -0.2) is 34.5 Å². The molecule has 0 saturated carbocycles. The fourth-order valence-corrected chi connectivity index (χ4v) is 4.24. The fourth-order valence-electron chi connectivity index (χ4n) is 1.71. The Balaban J connectivity index is 2.20. The molecule has 8 heteroatoms. The second-order valence-corrected chi connectivity index (χ2v) is 6.59. The number of halogens is 2. The number of hydrogen-bond donors (Lipinski definition) is 1. The number of aromatic nitrogens is 1. The first-order valence-electron chi connectivity index (χ1n) is 5.55. The Hall–Kier alpha value is -0.320. The van der Waals surface area contributed by atoms with E-state index in [0.29, 0.717) is 37.1 Å². The average Bonchev–Trinajstić information content (AvgIpc) is 2.38. The molecule has 0 radical (unpaired) electrons. The zero-order valence-corrected chi connectivity index (χ0v) is 12.1. The van der Waals surface area contributed by atoms with Gasteiger partial charge >= 0.3 is 7.67 Å². The van der Waals surface area contributed by atoms with E-state index in [2.05, 4.69) is 10.1 Å². The summed E-state index contributed by atoms with van der Waals surface area (Å²) in [5, 5.41) is 2.90. The topological polar surface area (TPSA) is 54.5 Å². The number of pyridine rings is 1. The van der Waals surface area contributed by atoms with Crippen molar-refractivity contribution in [2.45, 2.75) is 6.54 Å². The molecule has 1 atom stereocenters. The molecule has 1 aliphatic heterocycles. The van der Waals surface area contributed by atoms with E-state index in [1.54, 1.807) is 23.0 Å². The Morgan fingerprint density at radius 3 is 2.83 bits per heavy atom. The van der Waals surface area contributed by atoms with Gasteiger partial charge in [0.15, 0.2) is 5.75 Å². The highest BCUT2D eigenvalue weighted by atomic mass is 35.5. The summed E-state index contributed by atoms with van der Waals surface area (Å²) in [6.07, 6.45) is 1.68. The van der Waals surface area contributed by atoms with Crippen molar-refractivity contribution >= 4 is 30.9 Å². The van der Waals surface area contributed by atoms with E-state index in [1.807, 2.05) is 0 Å². The molecule has 18 heavy (non-hydrogen) atoms. The lowest BCUT2D eigenvalue weighted by atomic mass is 10.3. The number of fused-ring (bicyclic) bond motifs is 1. The summed E-state index contributed by atoms with van der Waals surface area (Å²) in [5.41, 5.74) is 0.751. The van der Waals surface area contributed by atoms with E-state index in [1.165, 1.54) is 0 Å². The van der Waals surface area contributed by atoms with Gasteiger partial charge in [-0.05, 0) is 12.1 Å². The van der Waals surface area contributed by atoms with Crippen LogP contribution in [0.15, 0.2) is 18.3 Å². The first kappa shape index (κ1) is 14.1. The van der Waals surface area contributed by atoms with E-state index < -0.39 is 7.67 Å². The monoisotopic (exact) mass is 309 g/mol. The van der Waals surface area contributed by atoms with Crippen molar-refractivity contribution in [1.29, 1.82) is 0 Å². The summed E-state index contributed by atoms with van der Waals surface area (Å²) in [4.78, 5) is 4.16. The first-order chi connectivity index (χ1) is 8.69. The van der Waals surface area contributed by atoms with E-state index in [0.717, 1.165) is 5.69 Å². The van der Waals surface area contributed by atoms with Crippen molar-refractivity contribution in [2.24, 2.45) is 0 Å². The predicted octanol–water partition coefficient (Wildman–Crippen LogP) is 2.45. The van der Waals surface area contributed by atoms with Gasteiger partial charge in [0.05, 0.1) is 12.2 Å². The lowest BCUT2D eigenvalue weighted by molar-refractivity contribution is 0.347. The van der Waals surface area contributed by atoms with Crippen LogP contribution in [0.3, 0.4) is 0 Å². The average molecular weight is 310 g/mol. The maximum atomic E-state index is 12.7. The zero-order chi connectivity index (χ0) is 13.0. The van der Waals surface area contributed by atoms with Gasteiger partial charge in [-0.25, -0.2) is 14.3 Å². The van der Waals surface area contributed by atoms with Crippen molar-refractivity contribution in [1.82, 2.24) is 14.7 Å². The smallest absolute Gasteiger partial charge is 0.393 e. The van der Waals surface area contributed by atoms with Crippen LogP contribution in [0, 0.1) is 0 Å². The summed E-state index contributed by atoms with van der Waals surface area (Å²) < 4.78 is 20.0. The van der Waals surface area contributed by atoms with Crippen LogP contribution in [0.1, 0.15) is 5.69 Å². The summed E-state index contributed by atoms with van der Waals surface area (Å²) in [5.74, 6) is 1.28. The van der Waals surface area contributed by atoms with Gasteiger partial charge in [-0.15, -0.1) is 23.2 Å². The lowest BCUT2D eigenvalue weighted by Gasteiger charge is -2.33. The van der Waals surface area contributed by atoms with Gasteiger partial charge < -0.3 is 4.52 Å². The van der Waals surface area contributed by atoms with Gasteiger partial charge in [0, 0.05) is 31.0 Å². The minimum Gasteiger partial charge on any atom is -0.420 e. The largest absolute Gasteiger partial charge is 0.420 e. The molecule has 5 nitrogen and oxygen atoms in total. The Morgan fingerprint density at radius 2 is 2.17 bits per heavy atom. The van der Waals surface area contributed by atoms with Gasteiger partial charge in [-0.3, -0.25) is 4.98 Å². The van der Waals surface area contributed by atoms with Gasteiger partial charge in [-0.2, -0.15) is 0 Å². The van der Waals surface area contributed by atoms with E-state index in [-0.39, 0.29) is 0 Å². The SMILES string of the molecule is O=P1(N(CCCl)CCCl)NCc2ncccc2O1. The molecule has 100 valence electrons. The highest BCUT2D eigenvalue weighted by Crippen LogP contribution is 2.50. The number of hydrogen-bond acceptors (Lipinski definition) is 3. The Bertz CT molecular complexity index is 455. The highest BCUT2D eigenvalue weighted by Gasteiger charge is 2.36. The number of rotatable bonds is 5. The zero-order valence-electron chi connectivity index (χ0n) is 9.68. The molecule has 1 aromatic rings. The molecule has 1 unspecified atom stereocenters. The third kappa shape index (κ3) is 2.98. The maximum Gasteiger partial charge on any atom is 0.393 e. The molecular formula is C10H14Cl2N3O2P. The second-order valence-electron chi connectivity index (χ2n) is 3.73. The molecule has 1 aliphatic rings.